The van der Waals surface area contributed by atoms with Crippen LogP contribution in [0.4, 0.5) is 45.5 Å². The van der Waals surface area contributed by atoms with Crippen molar-refractivity contribution in [1.82, 2.24) is 0 Å². The lowest BCUT2D eigenvalue weighted by atomic mass is 10.2. The first-order chi connectivity index (χ1) is 18.2. The van der Waals surface area contributed by atoms with Gasteiger partial charge in [0.1, 0.15) is 0 Å². The van der Waals surface area contributed by atoms with Crippen LogP contribution in [0.15, 0.2) is 97.1 Å². The van der Waals surface area contributed by atoms with Gasteiger partial charge in [-0.1, -0.05) is 0 Å². The Hall–Kier alpha value is -5.92. The average Bonchev–Trinajstić information content (AvgIpc) is 2.92. The number of hydrogen-bond donors (Lipinski definition) is 0. The van der Waals surface area contributed by atoms with Crippen LogP contribution in [0.3, 0.4) is 0 Å². The Bertz CT molecular complexity index is 1280. The molecule has 0 aliphatic carbocycles. The molecule has 38 heavy (non-hydrogen) atoms. The number of nitro groups is 4. The molecule has 14 nitrogen and oxygen atoms in total. The molecule has 0 radical (unpaired) electrons. The molecular weight excluding hydrogens is 500 g/mol. The van der Waals surface area contributed by atoms with E-state index >= 15 is 0 Å². The fourth-order valence-corrected chi connectivity index (χ4v) is 3.62. The normalized spacial score (nSPS) is 10.4. The fraction of sp³-hybridized carbons (Fsp3) is 0. The average molecular weight is 516 g/mol. The van der Waals surface area contributed by atoms with Gasteiger partial charge in [-0.25, -0.2) is 10.0 Å². The van der Waals surface area contributed by atoms with Crippen LogP contribution in [0.25, 0.3) is 0 Å². The third-order valence-corrected chi connectivity index (χ3v) is 5.42. The lowest BCUT2D eigenvalue weighted by Crippen LogP contribution is -2.35. The number of non-ortho nitro benzene ring substituents is 4. The van der Waals surface area contributed by atoms with Crippen LogP contribution in [0.2, 0.25) is 0 Å². The number of nitrogens with zero attached hydrogens (tertiary/aromatic N) is 6. The Morgan fingerprint density at radius 2 is 0.500 bits per heavy atom. The van der Waals surface area contributed by atoms with Gasteiger partial charge >= 0.3 is 0 Å². The first-order valence-electron chi connectivity index (χ1n) is 10.7. The van der Waals surface area contributed by atoms with E-state index in [2.05, 4.69) is 0 Å². The molecule has 0 aliphatic rings. The molecular formula is C24H16N6O8. The summed E-state index contributed by atoms with van der Waals surface area (Å²) in [5.41, 5.74) is 0.873. The van der Waals surface area contributed by atoms with Crippen molar-refractivity contribution in [2.45, 2.75) is 0 Å². The highest BCUT2D eigenvalue weighted by Crippen LogP contribution is 2.38. The zero-order valence-electron chi connectivity index (χ0n) is 19.2. The van der Waals surface area contributed by atoms with Crippen molar-refractivity contribution in [3.63, 3.8) is 0 Å². The van der Waals surface area contributed by atoms with Gasteiger partial charge in [0.2, 0.25) is 0 Å². The van der Waals surface area contributed by atoms with E-state index in [0.29, 0.717) is 22.7 Å². The summed E-state index contributed by atoms with van der Waals surface area (Å²) in [7, 11) is 0. The SMILES string of the molecule is O=[N+]([O-])c1ccc(N(c2ccc([N+](=O)[O-])cc2)N(c2ccc([N+](=O)[O-])cc2)c2ccc([N+](=O)[O-])cc2)cc1. The summed E-state index contributed by atoms with van der Waals surface area (Å²) < 4.78 is 0. The third-order valence-electron chi connectivity index (χ3n) is 5.42. The number of benzene rings is 4. The van der Waals surface area contributed by atoms with Gasteiger partial charge in [-0.15, -0.1) is 0 Å². The number of hydrazine groups is 1. The molecule has 0 aliphatic heterocycles. The molecule has 0 saturated carbocycles. The fourth-order valence-electron chi connectivity index (χ4n) is 3.62. The van der Waals surface area contributed by atoms with Crippen molar-refractivity contribution in [1.29, 1.82) is 0 Å². The van der Waals surface area contributed by atoms with E-state index in [1.54, 1.807) is 10.0 Å². The lowest BCUT2D eigenvalue weighted by molar-refractivity contribution is -0.385. The van der Waals surface area contributed by atoms with E-state index in [1.807, 2.05) is 0 Å². The minimum atomic E-state index is -0.565. The zero-order valence-corrected chi connectivity index (χ0v) is 19.2. The molecule has 4 rings (SSSR count). The maximum Gasteiger partial charge on any atom is 0.269 e. The summed E-state index contributed by atoms with van der Waals surface area (Å²) in [6, 6.07) is 21.9. The number of nitro benzene ring substituents is 4. The molecule has 190 valence electrons. The molecule has 0 heterocycles. The highest BCUT2D eigenvalue weighted by molar-refractivity contribution is 5.78. The number of rotatable bonds is 9. The minimum Gasteiger partial charge on any atom is -0.258 e. The Balaban J connectivity index is 1.94. The lowest BCUT2D eigenvalue weighted by Gasteiger charge is -2.38. The standard InChI is InChI=1S/C24H16N6O8/c31-27(32)21-9-1-17(2-10-21)25(18-3-11-22(12-4-18)28(33)34)26(19-5-13-23(14-6-19)29(35)36)20-7-15-24(16-8-20)30(37)38/h1-16H. The molecule has 0 unspecified atom stereocenters. The second-order valence-electron chi connectivity index (χ2n) is 7.72. The zero-order chi connectivity index (χ0) is 27.4. The molecule has 0 atom stereocenters. The molecule has 4 aromatic rings. The van der Waals surface area contributed by atoms with Crippen LogP contribution in [0, 0.1) is 40.5 Å². The quantitative estimate of drug-likeness (QED) is 0.183. The van der Waals surface area contributed by atoms with Crippen molar-refractivity contribution in [3.05, 3.63) is 138 Å². The Morgan fingerprint density at radius 1 is 0.342 bits per heavy atom. The van der Waals surface area contributed by atoms with Crippen molar-refractivity contribution in [3.8, 4) is 0 Å². The third kappa shape index (κ3) is 5.18. The van der Waals surface area contributed by atoms with Gasteiger partial charge in [0, 0.05) is 48.5 Å². The molecule has 0 spiro atoms. The van der Waals surface area contributed by atoms with Gasteiger partial charge in [0.15, 0.2) is 0 Å². The monoisotopic (exact) mass is 516 g/mol. The molecule has 0 aromatic heterocycles. The smallest absolute Gasteiger partial charge is 0.258 e. The number of anilines is 4. The second kappa shape index (κ2) is 10.4. The van der Waals surface area contributed by atoms with Crippen LogP contribution in [0.5, 0.6) is 0 Å². The van der Waals surface area contributed by atoms with E-state index in [1.165, 1.54) is 97.1 Å². The summed E-state index contributed by atoms with van der Waals surface area (Å²) in [6.45, 7) is 0. The van der Waals surface area contributed by atoms with E-state index in [9.17, 15) is 40.5 Å². The summed E-state index contributed by atoms with van der Waals surface area (Å²) in [5, 5.41) is 48.0. The van der Waals surface area contributed by atoms with Crippen LogP contribution >= 0.6 is 0 Å². The molecule has 0 fully saturated rings. The van der Waals surface area contributed by atoms with Crippen molar-refractivity contribution in [2.24, 2.45) is 0 Å². The van der Waals surface area contributed by atoms with Crippen molar-refractivity contribution in [2.75, 3.05) is 10.0 Å². The first kappa shape index (κ1) is 25.2. The van der Waals surface area contributed by atoms with Crippen molar-refractivity contribution < 1.29 is 19.7 Å². The van der Waals surface area contributed by atoms with Crippen LogP contribution in [0.1, 0.15) is 0 Å². The number of hydrogen-bond acceptors (Lipinski definition) is 10. The molecule has 0 amide bonds. The maximum absolute atomic E-state index is 11.2. The summed E-state index contributed by atoms with van der Waals surface area (Å²) in [5.74, 6) is 0. The molecule has 0 bridgehead atoms. The Labute approximate surface area is 213 Å². The summed E-state index contributed by atoms with van der Waals surface area (Å²) >= 11 is 0. The van der Waals surface area contributed by atoms with Gasteiger partial charge in [-0.05, 0) is 48.5 Å². The molecule has 0 saturated heterocycles. The molecule has 0 N–H and O–H groups in total. The van der Waals surface area contributed by atoms with Crippen molar-refractivity contribution >= 4 is 45.5 Å². The van der Waals surface area contributed by atoms with Crippen LogP contribution < -0.4 is 10.0 Å². The highest BCUT2D eigenvalue weighted by atomic mass is 16.6. The van der Waals surface area contributed by atoms with E-state index in [4.69, 9.17) is 0 Å². The summed E-state index contributed by atoms with van der Waals surface area (Å²) in [4.78, 5) is 42.6. The topological polar surface area (TPSA) is 179 Å². The van der Waals surface area contributed by atoms with Gasteiger partial charge in [0.25, 0.3) is 22.7 Å². The predicted octanol–water partition coefficient (Wildman–Crippen LogP) is 6.21. The van der Waals surface area contributed by atoms with E-state index in [0.717, 1.165) is 0 Å². The van der Waals surface area contributed by atoms with Gasteiger partial charge in [0.05, 0.1) is 42.4 Å². The van der Waals surface area contributed by atoms with Crippen LogP contribution in [-0.4, -0.2) is 19.7 Å². The maximum atomic E-state index is 11.2. The van der Waals surface area contributed by atoms with Gasteiger partial charge in [-0.3, -0.25) is 40.5 Å². The highest BCUT2D eigenvalue weighted by Gasteiger charge is 2.24. The molecule has 14 heteroatoms. The van der Waals surface area contributed by atoms with E-state index < -0.39 is 19.7 Å². The predicted molar refractivity (Wildman–Crippen MR) is 137 cm³/mol. The van der Waals surface area contributed by atoms with E-state index in [-0.39, 0.29) is 22.7 Å². The van der Waals surface area contributed by atoms with Gasteiger partial charge in [-0.2, -0.15) is 0 Å². The summed E-state index contributed by atoms with van der Waals surface area (Å²) in [6.07, 6.45) is 0. The second-order valence-corrected chi connectivity index (χ2v) is 7.72. The minimum absolute atomic E-state index is 0.172. The Kier molecular flexibility index (Phi) is 6.87. The largest absolute Gasteiger partial charge is 0.269 e. The molecule has 4 aromatic carbocycles. The van der Waals surface area contributed by atoms with Gasteiger partial charge < -0.3 is 0 Å². The van der Waals surface area contributed by atoms with Crippen LogP contribution in [-0.2, 0) is 0 Å². The first-order valence-corrected chi connectivity index (χ1v) is 10.7. The Morgan fingerprint density at radius 3 is 0.632 bits per heavy atom.